The lowest BCUT2D eigenvalue weighted by molar-refractivity contribution is -0.127. The van der Waals surface area contributed by atoms with Crippen molar-refractivity contribution in [3.8, 4) is 5.75 Å². The van der Waals surface area contributed by atoms with Crippen LogP contribution in [-0.2, 0) is 17.8 Å². The number of aryl methyl sites for hydroxylation is 1. The third-order valence-electron chi connectivity index (χ3n) is 7.63. The van der Waals surface area contributed by atoms with Crippen LogP contribution in [0.2, 0.25) is 0 Å². The van der Waals surface area contributed by atoms with Crippen molar-refractivity contribution in [2.45, 2.75) is 57.9 Å². The zero-order chi connectivity index (χ0) is 25.6. The van der Waals surface area contributed by atoms with Crippen molar-refractivity contribution in [3.05, 3.63) is 95.8 Å². The van der Waals surface area contributed by atoms with Gasteiger partial charge in [0.05, 0.1) is 17.6 Å². The highest BCUT2D eigenvalue weighted by molar-refractivity contribution is 5.81. The lowest BCUT2D eigenvalue weighted by Gasteiger charge is -2.17. The van der Waals surface area contributed by atoms with Crippen LogP contribution in [0.5, 0.6) is 5.75 Å². The summed E-state index contributed by atoms with van der Waals surface area (Å²) in [7, 11) is 0. The van der Waals surface area contributed by atoms with Gasteiger partial charge in [0.1, 0.15) is 11.6 Å². The molecular weight excluding hydrogens is 458 g/mol. The molecule has 37 heavy (non-hydrogen) atoms. The van der Waals surface area contributed by atoms with Crippen LogP contribution in [0.25, 0.3) is 11.0 Å². The second kappa shape index (κ2) is 11.6. The number of benzene rings is 3. The first-order valence-electron chi connectivity index (χ1n) is 13.6. The minimum Gasteiger partial charge on any atom is -0.494 e. The Bertz CT molecular complexity index is 1310. The fourth-order valence-corrected chi connectivity index (χ4v) is 5.25. The van der Waals surface area contributed by atoms with Crippen molar-refractivity contribution >= 4 is 16.9 Å². The fraction of sp³-hybridized carbons (Fsp3) is 0.375. The van der Waals surface area contributed by atoms with E-state index in [9.17, 15) is 4.79 Å². The maximum absolute atomic E-state index is 12.9. The molecule has 1 aliphatic rings. The van der Waals surface area contributed by atoms with Crippen molar-refractivity contribution in [2.75, 3.05) is 19.7 Å². The van der Waals surface area contributed by atoms with Gasteiger partial charge in [-0.2, -0.15) is 0 Å². The SMILES string of the molecule is CCC(C)c1ccc(OCCCn2c(C3CC(=O)N(CCc4ccccc4)C3)nc3ccccc32)cc1. The predicted octanol–water partition coefficient (Wildman–Crippen LogP) is 6.58. The minimum atomic E-state index is 0.115. The molecule has 0 radical (unpaired) electrons. The molecule has 1 saturated heterocycles. The van der Waals surface area contributed by atoms with Gasteiger partial charge in [0.2, 0.25) is 5.91 Å². The summed E-state index contributed by atoms with van der Waals surface area (Å²) in [4.78, 5) is 19.9. The lowest BCUT2D eigenvalue weighted by atomic mass is 9.99. The van der Waals surface area contributed by atoms with E-state index in [1.165, 1.54) is 11.1 Å². The number of hydrogen-bond acceptors (Lipinski definition) is 3. The van der Waals surface area contributed by atoms with Gasteiger partial charge in [0, 0.05) is 32.0 Å². The quantitative estimate of drug-likeness (QED) is 0.221. The van der Waals surface area contributed by atoms with E-state index < -0.39 is 0 Å². The number of amides is 1. The average molecular weight is 496 g/mol. The number of likely N-dealkylation sites (tertiary alicyclic amines) is 1. The van der Waals surface area contributed by atoms with Crippen molar-refractivity contribution in [3.63, 3.8) is 0 Å². The molecule has 0 bridgehead atoms. The van der Waals surface area contributed by atoms with Crippen LogP contribution in [-0.4, -0.2) is 40.1 Å². The molecule has 5 heteroatoms. The van der Waals surface area contributed by atoms with Crippen LogP contribution in [0.3, 0.4) is 0 Å². The first-order chi connectivity index (χ1) is 18.1. The second-order valence-corrected chi connectivity index (χ2v) is 10.2. The topological polar surface area (TPSA) is 47.4 Å². The van der Waals surface area contributed by atoms with Gasteiger partial charge in [-0.1, -0.05) is 68.4 Å². The lowest BCUT2D eigenvalue weighted by Crippen LogP contribution is -2.27. The molecule has 1 aliphatic heterocycles. The monoisotopic (exact) mass is 495 g/mol. The number of para-hydroxylation sites is 2. The first kappa shape index (κ1) is 25.1. The smallest absolute Gasteiger partial charge is 0.223 e. The molecule has 1 fully saturated rings. The van der Waals surface area contributed by atoms with E-state index in [1.807, 2.05) is 17.0 Å². The molecule has 1 aromatic heterocycles. The summed E-state index contributed by atoms with van der Waals surface area (Å²) < 4.78 is 8.37. The van der Waals surface area contributed by atoms with E-state index in [-0.39, 0.29) is 11.8 Å². The Morgan fingerprint density at radius 1 is 0.973 bits per heavy atom. The highest BCUT2D eigenvalue weighted by Crippen LogP contribution is 2.31. The van der Waals surface area contributed by atoms with Crippen molar-refractivity contribution in [1.29, 1.82) is 0 Å². The van der Waals surface area contributed by atoms with Crippen molar-refractivity contribution in [1.82, 2.24) is 14.5 Å². The zero-order valence-corrected chi connectivity index (χ0v) is 22.0. The maximum atomic E-state index is 12.9. The molecule has 5 rings (SSSR count). The Morgan fingerprint density at radius 3 is 2.51 bits per heavy atom. The summed E-state index contributed by atoms with van der Waals surface area (Å²) in [5.74, 6) is 2.85. The molecule has 2 atom stereocenters. The molecule has 2 unspecified atom stereocenters. The molecule has 2 heterocycles. The van der Waals surface area contributed by atoms with Gasteiger partial charge in [-0.3, -0.25) is 4.79 Å². The van der Waals surface area contributed by atoms with Crippen molar-refractivity contribution < 1.29 is 9.53 Å². The van der Waals surface area contributed by atoms with Crippen LogP contribution in [0, 0.1) is 0 Å². The van der Waals surface area contributed by atoms with E-state index in [4.69, 9.17) is 9.72 Å². The Morgan fingerprint density at radius 2 is 1.73 bits per heavy atom. The number of imidazole rings is 1. The number of fused-ring (bicyclic) bond motifs is 1. The molecular formula is C32H37N3O2. The van der Waals surface area contributed by atoms with Gasteiger partial charge >= 0.3 is 0 Å². The van der Waals surface area contributed by atoms with E-state index in [0.29, 0.717) is 18.9 Å². The Hall–Kier alpha value is -3.60. The largest absolute Gasteiger partial charge is 0.494 e. The van der Waals surface area contributed by atoms with Gasteiger partial charge in [-0.05, 0) is 60.6 Å². The minimum absolute atomic E-state index is 0.115. The third kappa shape index (κ3) is 5.87. The molecule has 1 amide bonds. The summed E-state index contributed by atoms with van der Waals surface area (Å²) >= 11 is 0. The Labute approximate surface area is 220 Å². The van der Waals surface area contributed by atoms with Crippen LogP contribution >= 0.6 is 0 Å². The summed E-state index contributed by atoms with van der Waals surface area (Å²) in [5, 5.41) is 0. The number of carbonyl (C=O) groups is 1. The average Bonchev–Trinajstić information content (AvgIpc) is 3.50. The van der Waals surface area contributed by atoms with Crippen LogP contribution < -0.4 is 4.74 Å². The highest BCUT2D eigenvalue weighted by Gasteiger charge is 2.33. The second-order valence-electron chi connectivity index (χ2n) is 10.2. The van der Waals surface area contributed by atoms with E-state index in [1.54, 1.807) is 0 Å². The van der Waals surface area contributed by atoms with E-state index in [2.05, 4.69) is 85.1 Å². The number of aromatic nitrogens is 2. The fourth-order valence-electron chi connectivity index (χ4n) is 5.25. The maximum Gasteiger partial charge on any atom is 0.223 e. The predicted molar refractivity (Wildman–Crippen MR) is 149 cm³/mol. The Balaban J connectivity index is 1.23. The van der Waals surface area contributed by atoms with Crippen molar-refractivity contribution in [2.24, 2.45) is 0 Å². The number of ether oxygens (including phenoxy) is 1. The molecule has 0 aliphatic carbocycles. The number of rotatable bonds is 11. The zero-order valence-electron chi connectivity index (χ0n) is 22.0. The molecule has 0 spiro atoms. The van der Waals surface area contributed by atoms with Gasteiger partial charge in [-0.25, -0.2) is 4.98 Å². The van der Waals surface area contributed by atoms with Gasteiger partial charge in [0.25, 0.3) is 0 Å². The summed E-state index contributed by atoms with van der Waals surface area (Å²) in [6, 6.07) is 27.2. The number of nitrogens with zero attached hydrogens (tertiary/aromatic N) is 3. The molecule has 0 saturated carbocycles. The molecule has 3 aromatic carbocycles. The summed E-state index contributed by atoms with van der Waals surface area (Å²) in [5.41, 5.74) is 4.74. The molecule has 192 valence electrons. The third-order valence-corrected chi connectivity index (χ3v) is 7.63. The number of hydrogen-bond donors (Lipinski definition) is 0. The normalized spacial score (nSPS) is 16.4. The highest BCUT2D eigenvalue weighted by atomic mass is 16.5. The molecule has 0 N–H and O–H groups in total. The number of carbonyl (C=O) groups excluding carboxylic acids is 1. The standard InChI is InChI=1S/C32H37N3O2/c1-3-24(2)26-14-16-28(17-15-26)37-21-9-19-35-30-13-8-7-12-29(30)33-32(35)27-22-31(36)34(23-27)20-18-25-10-5-4-6-11-25/h4-8,10-17,24,27H,3,9,18-23H2,1-2H3. The first-order valence-corrected chi connectivity index (χ1v) is 13.6. The van der Waals surface area contributed by atoms with Crippen LogP contribution in [0.1, 0.15) is 61.9 Å². The van der Waals surface area contributed by atoms with Gasteiger partial charge < -0.3 is 14.2 Å². The van der Waals surface area contributed by atoms with Crippen LogP contribution in [0.15, 0.2) is 78.9 Å². The van der Waals surface area contributed by atoms with E-state index >= 15 is 0 Å². The molecule has 4 aromatic rings. The Kier molecular flexibility index (Phi) is 7.88. The van der Waals surface area contributed by atoms with Crippen LogP contribution in [0.4, 0.5) is 0 Å². The summed E-state index contributed by atoms with van der Waals surface area (Å²) in [6.07, 6.45) is 3.42. The van der Waals surface area contributed by atoms with E-state index in [0.717, 1.165) is 61.5 Å². The van der Waals surface area contributed by atoms with Gasteiger partial charge in [-0.15, -0.1) is 0 Å². The summed E-state index contributed by atoms with van der Waals surface area (Å²) in [6.45, 7) is 7.41. The molecule has 5 nitrogen and oxygen atoms in total. The van der Waals surface area contributed by atoms with Gasteiger partial charge in [0.15, 0.2) is 0 Å².